The molecule has 26 heavy (non-hydrogen) atoms. The molecule has 1 fully saturated rings. The number of hydrogen-bond acceptors (Lipinski definition) is 6. The van der Waals surface area contributed by atoms with Crippen molar-refractivity contribution in [2.45, 2.75) is 32.8 Å². The molecule has 134 valence electrons. The van der Waals surface area contributed by atoms with Gasteiger partial charge in [-0.15, -0.1) is 0 Å². The van der Waals surface area contributed by atoms with Crippen LogP contribution in [0.15, 0.2) is 36.8 Å². The third-order valence-electron chi connectivity index (χ3n) is 4.55. The molecule has 1 aliphatic heterocycles. The van der Waals surface area contributed by atoms with Gasteiger partial charge in [0.25, 0.3) is 0 Å². The number of ether oxygens (including phenoxy) is 2. The average molecular weight is 350 g/mol. The van der Waals surface area contributed by atoms with Crippen LogP contribution in [0.2, 0.25) is 0 Å². The third kappa shape index (κ3) is 3.46. The van der Waals surface area contributed by atoms with Crippen LogP contribution in [0.3, 0.4) is 0 Å². The fraction of sp³-hybridized carbons (Fsp3) is 0.350. The first-order valence-electron chi connectivity index (χ1n) is 8.89. The molecule has 2 aromatic heterocycles. The monoisotopic (exact) mass is 350 g/mol. The Labute approximate surface area is 152 Å². The number of rotatable bonds is 4. The molecule has 0 atom stereocenters. The lowest BCUT2D eigenvalue weighted by atomic mass is 10.1. The Balaban J connectivity index is 1.67. The SMILES string of the molecule is Cc1cc(C)c2c(Nc3cccnc3OC3CCOCC3)ncnc2c1. The van der Waals surface area contributed by atoms with Crippen LogP contribution in [-0.4, -0.2) is 34.3 Å². The van der Waals surface area contributed by atoms with E-state index in [1.807, 2.05) is 12.1 Å². The lowest BCUT2D eigenvalue weighted by Crippen LogP contribution is -2.26. The first kappa shape index (κ1) is 16.7. The van der Waals surface area contributed by atoms with Gasteiger partial charge in [0.1, 0.15) is 23.9 Å². The van der Waals surface area contributed by atoms with E-state index in [1.165, 1.54) is 5.56 Å². The number of aromatic nitrogens is 3. The van der Waals surface area contributed by atoms with Crippen LogP contribution < -0.4 is 10.1 Å². The summed E-state index contributed by atoms with van der Waals surface area (Å²) in [6.45, 7) is 5.61. The molecular weight excluding hydrogens is 328 g/mol. The van der Waals surface area contributed by atoms with E-state index < -0.39 is 0 Å². The van der Waals surface area contributed by atoms with E-state index in [9.17, 15) is 0 Å². The summed E-state index contributed by atoms with van der Waals surface area (Å²) in [5.41, 5.74) is 4.05. The summed E-state index contributed by atoms with van der Waals surface area (Å²) >= 11 is 0. The zero-order valence-corrected chi connectivity index (χ0v) is 15.0. The number of nitrogens with zero attached hydrogens (tertiary/aromatic N) is 3. The van der Waals surface area contributed by atoms with Crippen LogP contribution in [0, 0.1) is 13.8 Å². The number of benzene rings is 1. The zero-order valence-electron chi connectivity index (χ0n) is 15.0. The van der Waals surface area contributed by atoms with Crippen molar-refractivity contribution in [3.8, 4) is 5.88 Å². The fourth-order valence-electron chi connectivity index (χ4n) is 3.32. The lowest BCUT2D eigenvalue weighted by Gasteiger charge is -2.24. The molecule has 0 bridgehead atoms. The predicted octanol–water partition coefficient (Wildman–Crippen LogP) is 3.94. The fourth-order valence-corrected chi connectivity index (χ4v) is 3.32. The summed E-state index contributed by atoms with van der Waals surface area (Å²) in [6, 6.07) is 8.05. The van der Waals surface area contributed by atoms with Crippen LogP contribution in [0.5, 0.6) is 5.88 Å². The largest absolute Gasteiger partial charge is 0.473 e. The predicted molar refractivity (Wildman–Crippen MR) is 101 cm³/mol. The second-order valence-corrected chi connectivity index (χ2v) is 6.61. The number of pyridine rings is 1. The highest BCUT2D eigenvalue weighted by atomic mass is 16.5. The van der Waals surface area contributed by atoms with Gasteiger partial charge in [-0.1, -0.05) is 6.07 Å². The first-order valence-corrected chi connectivity index (χ1v) is 8.89. The van der Waals surface area contributed by atoms with Gasteiger partial charge in [0.15, 0.2) is 0 Å². The Morgan fingerprint density at radius 3 is 2.81 bits per heavy atom. The number of hydrogen-bond donors (Lipinski definition) is 1. The van der Waals surface area contributed by atoms with Crippen molar-refractivity contribution in [2.24, 2.45) is 0 Å². The van der Waals surface area contributed by atoms with Crippen LogP contribution in [0.25, 0.3) is 10.9 Å². The zero-order chi connectivity index (χ0) is 17.9. The van der Waals surface area contributed by atoms with Gasteiger partial charge >= 0.3 is 0 Å². The number of nitrogens with one attached hydrogen (secondary N) is 1. The molecule has 0 saturated carbocycles. The highest BCUT2D eigenvalue weighted by Crippen LogP contribution is 2.31. The van der Waals surface area contributed by atoms with Gasteiger partial charge in [-0.2, -0.15) is 0 Å². The standard InChI is InChI=1S/C20H22N4O2/c1-13-10-14(2)18-17(11-13)22-12-23-19(18)24-16-4-3-7-21-20(16)26-15-5-8-25-9-6-15/h3-4,7,10-12,15H,5-6,8-9H2,1-2H3,(H,22,23,24). The number of fused-ring (bicyclic) bond motifs is 1. The summed E-state index contributed by atoms with van der Waals surface area (Å²) in [4.78, 5) is 13.3. The Morgan fingerprint density at radius 1 is 1.12 bits per heavy atom. The second kappa shape index (κ2) is 7.25. The third-order valence-corrected chi connectivity index (χ3v) is 4.55. The Kier molecular flexibility index (Phi) is 4.67. The highest BCUT2D eigenvalue weighted by Gasteiger charge is 2.18. The molecule has 0 radical (unpaired) electrons. The van der Waals surface area contributed by atoms with Gasteiger partial charge in [-0.25, -0.2) is 15.0 Å². The molecule has 1 N–H and O–H groups in total. The highest BCUT2D eigenvalue weighted by molar-refractivity contribution is 5.94. The van der Waals surface area contributed by atoms with Crippen molar-refractivity contribution in [1.29, 1.82) is 0 Å². The van der Waals surface area contributed by atoms with E-state index >= 15 is 0 Å². The van der Waals surface area contributed by atoms with Gasteiger partial charge in [-0.05, 0) is 43.2 Å². The van der Waals surface area contributed by atoms with E-state index in [0.717, 1.165) is 54.0 Å². The van der Waals surface area contributed by atoms with Gasteiger partial charge < -0.3 is 14.8 Å². The minimum atomic E-state index is 0.130. The molecule has 6 nitrogen and oxygen atoms in total. The van der Waals surface area contributed by atoms with E-state index in [0.29, 0.717) is 5.88 Å². The molecule has 3 aromatic rings. The van der Waals surface area contributed by atoms with Crippen molar-refractivity contribution < 1.29 is 9.47 Å². The van der Waals surface area contributed by atoms with Crippen LogP contribution >= 0.6 is 0 Å². The minimum Gasteiger partial charge on any atom is -0.473 e. The van der Waals surface area contributed by atoms with Crippen molar-refractivity contribution in [3.63, 3.8) is 0 Å². The van der Waals surface area contributed by atoms with E-state index in [-0.39, 0.29) is 6.10 Å². The Hall–Kier alpha value is -2.73. The molecular formula is C20H22N4O2. The first-order chi connectivity index (χ1) is 12.7. The average Bonchev–Trinajstić information content (AvgIpc) is 2.64. The van der Waals surface area contributed by atoms with Crippen LogP contribution in [0.1, 0.15) is 24.0 Å². The van der Waals surface area contributed by atoms with E-state index in [2.05, 4.69) is 46.2 Å². The van der Waals surface area contributed by atoms with Gasteiger partial charge in [0, 0.05) is 24.4 Å². The molecule has 0 amide bonds. The molecule has 1 aromatic carbocycles. The maximum Gasteiger partial charge on any atom is 0.238 e. The molecule has 0 spiro atoms. The van der Waals surface area contributed by atoms with Crippen molar-refractivity contribution in [1.82, 2.24) is 15.0 Å². The van der Waals surface area contributed by atoms with E-state index in [4.69, 9.17) is 9.47 Å². The van der Waals surface area contributed by atoms with Gasteiger partial charge in [-0.3, -0.25) is 0 Å². The summed E-state index contributed by atoms with van der Waals surface area (Å²) < 4.78 is 11.5. The summed E-state index contributed by atoms with van der Waals surface area (Å²) in [6.07, 6.45) is 5.21. The Morgan fingerprint density at radius 2 is 1.96 bits per heavy atom. The van der Waals surface area contributed by atoms with Crippen LogP contribution in [0.4, 0.5) is 11.5 Å². The topological polar surface area (TPSA) is 69.2 Å². The summed E-state index contributed by atoms with van der Waals surface area (Å²) in [7, 11) is 0. The molecule has 1 saturated heterocycles. The quantitative estimate of drug-likeness (QED) is 0.768. The van der Waals surface area contributed by atoms with Gasteiger partial charge in [0.05, 0.1) is 18.7 Å². The number of anilines is 2. The van der Waals surface area contributed by atoms with Crippen molar-refractivity contribution in [2.75, 3.05) is 18.5 Å². The lowest BCUT2D eigenvalue weighted by molar-refractivity contribution is 0.0240. The van der Waals surface area contributed by atoms with Gasteiger partial charge in [0.2, 0.25) is 5.88 Å². The molecule has 4 rings (SSSR count). The minimum absolute atomic E-state index is 0.130. The molecule has 1 aliphatic rings. The summed E-state index contributed by atoms with van der Waals surface area (Å²) in [5, 5.41) is 4.41. The Bertz CT molecular complexity index is 923. The molecule has 3 heterocycles. The maximum atomic E-state index is 6.12. The molecule has 0 aliphatic carbocycles. The number of aryl methyl sites for hydroxylation is 2. The van der Waals surface area contributed by atoms with Crippen LogP contribution in [-0.2, 0) is 4.74 Å². The summed E-state index contributed by atoms with van der Waals surface area (Å²) in [5.74, 6) is 1.35. The smallest absolute Gasteiger partial charge is 0.238 e. The second-order valence-electron chi connectivity index (χ2n) is 6.61. The molecule has 0 unspecified atom stereocenters. The molecule has 6 heteroatoms. The van der Waals surface area contributed by atoms with E-state index in [1.54, 1.807) is 12.5 Å². The van der Waals surface area contributed by atoms with Crippen molar-refractivity contribution >= 4 is 22.4 Å². The van der Waals surface area contributed by atoms with Crippen molar-refractivity contribution in [3.05, 3.63) is 47.9 Å². The maximum absolute atomic E-state index is 6.12. The normalized spacial score (nSPS) is 15.2.